The lowest BCUT2D eigenvalue weighted by atomic mass is 10.0. The zero-order valence-electron chi connectivity index (χ0n) is 15.2. The molecule has 1 aliphatic rings. The Morgan fingerprint density at radius 1 is 1.23 bits per heavy atom. The Kier molecular flexibility index (Phi) is 5.99. The number of benzene rings is 2. The van der Waals surface area contributed by atoms with Gasteiger partial charge >= 0.3 is 0 Å². The topological polar surface area (TPSA) is 49.4 Å². The molecule has 1 heterocycles. The molecule has 3 rings (SSSR count). The number of rotatable bonds is 6. The normalized spacial score (nSPS) is 15.2. The van der Waals surface area contributed by atoms with Crippen molar-refractivity contribution in [3.05, 3.63) is 65.2 Å². The lowest BCUT2D eigenvalue weighted by Crippen LogP contribution is -2.38. The van der Waals surface area contributed by atoms with E-state index in [0.29, 0.717) is 18.5 Å². The van der Waals surface area contributed by atoms with Crippen LogP contribution in [0.4, 0.5) is 0 Å². The maximum atomic E-state index is 12.9. The molecule has 0 spiro atoms. The molecule has 0 saturated carbocycles. The maximum absolute atomic E-state index is 12.9. The molecule has 1 N–H and O–H groups in total. The molecule has 4 nitrogen and oxygen atoms in total. The lowest BCUT2D eigenvalue weighted by molar-refractivity contribution is -0.128. The minimum atomic E-state index is -0.219. The fourth-order valence-corrected chi connectivity index (χ4v) is 3.69. The molecule has 1 fully saturated rings. The van der Waals surface area contributed by atoms with Crippen LogP contribution in [0.3, 0.4) is 0 Å². The Morgan fingerprint density at radius 3 is 2.65 bits per heavy atom. The summed E-state index contributed by atoms with van der Waals surface area (Å²) < 4.78 is 0. The molecule has 0 bridgehead atoms. The van der Waals surface area contributed by atoms with Crippen molar-refractivity contribution in [1.82, 2.24) is 10.2 Å². The summed E-state index contributed by atoms with van der Waals surface area (Å²) in [5.41, 5.74) is 2.65. The highest BCUT2D eigenvalue weighted by atomic mass is 32.2. The van der Waals surface area contributed by atoms with Gasteiger partial charge in [0.15, 0.2) is 0 Å². The number of carbonyl (C=O) groups is 2. The molecule has 26 heavy (non-hydrogen) atoms. The van der Waals surface area contributed by atoms with Crippen LogP contribution in [-0.2, 0) is 4.79 Å². The smallest absolute Gasteiger partial charge is 0.252 e. The van der Waals surface area contributed by atoms with E-state index in [-0.39, 0.29) is 17.9 Å². The fourth-order valence-electron chi connectivity index (χ4n) is 3.25. The van der Waals surface area contributed by atoms with Crippen molar-refractivity contribution in [3.63, 3.8) is 0 Å². The predicted octanol–water partition coefficient (Wildman–Crippen LogP) is 3.81. The van der Waals surface area contributed by atoms with Crippen molar-refractivity contribution in [2.24, 2.45) is 0 Å². The van der Waals surface area contributed by atoms with Crippen molar-refractivity contribution in [3.8, 4) is 0 Å². The Hall–Kier alpha value is -2.27. The summed E-state index contributed by atoms with van der Waals surface area (Å²) in [7, 11) is 0. The van der Waals surface area contributed by atoms with Crippen LogP contribution in [0.25, 0.3) is 0 Å². The molecule has 5 heteroatoms. The molecule has 0 aliphatic carbocycles. The van der Waals surface area contributed by atoms with Crippen molar-refractivity contribution < 1.29 is 9.59 Å². The summed E-state index contributed by atoms with van der Waals surface area (Å²) in [4.78, 5) is 27.9. The third kappa shape index (κ3) is 4.28. The first-order chi connectivity index (χ1) is 12.6. The average Bonchev–Trinajstić information content (AvgIpc) is 3.07. The van der Waals surface area contributed by atoms with Gasteiger partial charge in [-0.1, -0.05) is 36.4 Å². The Balaban J connectivity index is 1.83. The number of thioether (sulfide) groups is 1. The molecule has 2 aromatic carbocycles. The van der Waals surface area contributed by atoms with Crippen LogP contribution in [0, 0.1) is 6.92 Å². The minimum Gasteiger partial charge on any atom is -0.343 e. The number of carbonyl (C=O) groups excluding carboxylic acids is 2. The van der Waals surface area contributed by atoms with E-state index in [4.69, 9.17) is 0 Å². The summed E-state index contributed by atoms with van der Waals surface area (Å²) in [5.74, 6) is 0.0691. The molecule has 1 aliphatic heterocycles. The summed E-state index contributed by atoms with van der Waals surface area (Å²) in [6.07, 6.45) is 3.49. The number of nitrogens with one attached hydrogen (secondary N) is 1. The van der Waals surface area contributed by atoms with Gasteiger partial charge in [0.25, 0.3) is 5.91 Å². The first-order valence-corrected chi connectivity index (χ1v) is 10.1. The van der Waals surface area contributed by atoms with E-state index < -0.39 is 0 Å². The maximum Gasteiger partial charge on any atom is 0.252 e. The van der Waals surface area contributed by atoms with Gasteiger partial charge in [-0.3, -0.25) is 9.59 Å². The van der Waals surface area contributed by atoms with Gasteiger partial charge in [0.2, 0.25) is 5.91 Å². The number of hydrogen-bond donors (Lipinski definition) is 1. The van der Waals surface area contributed by atoms with Crippen LogP contribution in [-0.4, -0.2) is 36.1 Å². The van der Waals surface area contributed by atoms with E-state index in [1.54, 1.807) is 11.8 Å². The molecule has 2 aromatic rings. The largest absolute Gasteiger partial charge is 0.343 e. The molecule has 1 atom stereocenters. The highest BCUT2D eigenvalue weighted by Gasteiger charge is 2.25. The molecule has 136 valence electrons. The van der Waals surface area contributed by atoms with Gasteiger partial charge in [-0.15, -0.1) is 11.8 Å². The summed E-state index contributed by atoms with van der Waals surface area (Å²) in [5, 5.41) is 3.15. The van der Waals surface area contributed by atoms with E-state index in [0.717, 1.165) is 29.0 Å². The van der Waals surface area contributed by atoms with Gasteiger partial charge in [0.05, 0.1) is 6.04 Å². The number of likely N-dealkylation sites (tertiary alicyclic amines) is 1. The molecule has 1 saturated heterocycles. The van der Waals surface area contributed by atoms with Crippen LogP contribution in [0.1, 0.15) is 40.4 Å². The summed E-state index contributed by atoms with van der Waals surface area (Å²) in [6.45, 7) is 3.22. The molecule has 1 unspecified atom stereocenters. The van der Waals surface area contributed by atoms with Crippen molar-refractivity contribution in [2.45, 2.75) is 30.7 Å². The van der Waals surface area contributed by atoms with Crippen molar-refractivity contribution in [1.29, 1.82) is 0 Å². The third-order valence-electron chi connectivity index (χ3n) is 4.77. The predicted molar refractivity (Wildman–Crippen MR) is 105 cm³/mol. The van der Waals surface area contributed by atoms with Crippen molar-refractivity contribution in [2.75, 3.05) is 19.3 Å². The minimum absolute atomic E-state index is 0.0982. The molecule has 2 amide bonds. The molecular weight excluding hydrogens is 344 g/mol. The van der Waals surface area contributed by atoms with Crippen LogP contribution in [0.2, 0.25) is 0 Å². The molecule has 0 radical (unpaired) electrons. The highest BCUT2D eigenvalue weighted by Crippen LogP contribution is 2.22. The monoisotopic (exact) mass is 368 g/mol. The van der Waals surface area contributed by atoms with Crippen LogP contribution in [0.5, 0.6) is 0 Å². The van der Waals surface area contributed by atoms with Gasteiger partial charge in [-0.2, -0.15) is 0 Å². The zero-order valence-corrected chi connectivity index (χ0v) is 16.0. The van der Waals surface area contributed by atoms with E-state index in [2.05, 4.69) is 5.32 Å². The Labute approximate surface area is 159 Å². The van der Waals surface area contributed by atoms with Gasteiger partial charge < -0.3 is 10.2 Å². The standard InChI is InChI=1S/C21H24N2O2S/c1-15-10-11-17(26-2)13-18(15)21(25)22-19(16-7-4-3-5-8-16)14-23-12-6-9-20(23)24/h3-5,7-8,10-11,13,19H,6,9,12,14H2,1-2H3,(H,22,25). The van der Waals surface area contributed by atoms with E-state index >= 15 is 0 Å². The fraction of sp³-hybridized carbons (Fsp3) is 0.333. The van der Waals surface area contributed by atoms with Gasteiger partial charge in [-0.05, 0) is 42.9 Å². The summed E-state index contributed by atoms with van der Waals surface area (Å²) >= 11 is 1.62. The quantitative estimate of drug-likeness (QED) is 0.789. The lowest BCUT2D eigenvalue weighted by Gasteiger charge is -2.25. The first-order valence-electron chi connectivity index (χ1n) is 8.86. The first kappa shape index (κ1) is 18.5. The SMILES string of the molecule is CSc1ccc(C)c(C(=O)NC(CN2CCCC2=O)c2ccccc2)c1. The van der Waals surface area contributed by atoms with Crippen LogP contribution >= 0.6 is 11.8 Å². The number of nitrogens with zero attached hydrogens (tertiary/aromatic N) is 1. The van der Waals surface area contributed by atoms with Gasteiger partial charge in [-0.25, -0.2) is 0 Å². The average molecular weight is 369 g/mol. The van der Waals surface area contributed by atoms with E-state index in [1.807, 2.05) is 66.6 Å². The Bertz CT molecular complexity index is 792. The van der Waals surface area contributed by atoms with Crippen LogP contribution < -0.4 is 5.32 Å². The van der Waals surface area contributed by atoms with E-state index in [1.165, 1.54) is 0 Å². The molecular formula is C21H24N2O2S. The Morgan fingerprint density at radius 2 is 2.00 bits per heavy atom. The highest BCUT2D eigenvalue weighted by molar-refractivity contribution is 7.98. The number of aryl methyl sites for hydroxylation is 1. The number of amides is 2. The third-order valence-corrected chi connectivity index (χ3v) is 5.50. The van der Waals surface area contributed by atoms with Gasteiger partial charge in [0.1, 0.15) is 0 Å². The van der Waals surface area contributed by atoms with Gasteiger partial charge in [0, 0.05) is 30.0 Å². The zero-order chi connectivity index (χ0) is 18.5. The van der Waals surface area contributed by atoms with Crippen molar-refractivity contribution >= 4 is 23.6 Å². The second-order valence-corrected chi connectivity index (χ2v) is 7.44. The summed E-state index contributed by atoms with van der Waals surface area (Å²) in [6, 6.07) is 15.6. The second kappa shape index (κ2) is 8.41. The second-order valence-electron chi connectivity index (χ2n) is 6.56. The van der Waals surface area contributed by atoms with E-state index in [9.17, 15) is 9.59 Å². The molecule has 0 aromatic heterocycles. The van der Waals surface area contributed by atoms with Crippen LogP contribution in [0.15, 0.2) is 53.4 Å². The number of hydrogen-bond acceptors (Lipinski definition) is 3.